The Morgan fingerprint density at radius 1 is 0.776 bits per heavy atom. The Labute approximate surface area is 290 Å². The fraction of sp³-hybridized carbons (Fsp3) is 0.282. The van der Waals surface area contributed by atoms with Gasteiger partial charge in [-0.05, 0) is 65.3 Å². The summed E-state index contributed by atoms with van der Waals surface area (Å²) in [6.07, 6.45) is 6.27. The van der Waals surface area contributed by atoms with E-state index < -0.39 is 0 Å². The zero-order valence-corrected chi connectivity index (χ0v) is 28.1. The fourth-order valence-corrected chi connectivity index (χ4v) is 7.18. The van der Waals surface area contributed by atoms with E-state index in [9.17, 15) is 14.4 Å². The molecule has 2 amide bonds. The minimum absolute atomic E-state index is 0.0763. The SMILES string of the molecule is Cc1c(-c2ccn3c(=O)c(CNC[C@H]4CCC(=O)N4)cnc3c2)cccc1-c1cccc(-c2ccc(CNC[C@H]3CCC(=O)N3)cc2)c1Cl. The van der Waals surface area contributed by atoms with Crippen molar-refractivity contribution in [2.75, 3.05) is 13.1 Å². The molecule has 0 bridgehead atoms. The molecule has 0 unspecified atom stereocenters. The maximum absolute atomic E-state index is 13.3. The van der Waals surface area contributed by atoms with Gasteiger partial charge < -0.3 is 21.3 Å². The zero-order chi connectivity index (χ0) is 33.9. The lowest BCUT2D eigenvalue weighted by molar-refractivity contribution is -0.120. The van der Waals surface area contributed by atoms with Crippen molar-refractivity contribution in [1.29, 1.82) is 0 Å². The van der Waals surface area contributed by atoms with Crippen LogP contribution in [0.25, 0.3) is 39.0 Å². The minimum Gasteiger partial charge on any atom is -0.352 e. The average Bonchev–Trinajstić information content (AvgIpc) is 3.73. The van der Waals surface area contributed by atoms with E-state index in [1.165, 1.54) is 5.56 Å². The fourth-order valence-electron chi connectivity index (χ4n) is 6.84. The number of hydrogen-bond donors (Lipinski definition) is 4. The molecule has 10 heteroatoms. The summed E-state index contributed by atoms with van der Waals surface area (Å²) in [6.45, 7) is 4.58. The molecule has 0 aliphatic carbocycles. The van der Waals surface area contributed by atoms with E-state index in [1.807, 2.05) is 30.3 Å². The summed E-state index contributed by atoms with van der Waals surface area (Å²) in [5.74, 6) is 0.210. The Bertz CT molecular complexity index is 2090. The highest BCUT2D eigenvalue weighted by Crippen LogP contribution is 2.40. The van der Waals surface area contributed by atoms with Crippen molar-refractivity contribution in [2.24, 2.45) is 0 Å². The standard InChI is InChI=1S/C39H39ClN6O3/c1-24-31(27-16-17-46-35(18-27)43-21-28(39(46)49)20-42-23-30-13-15-37(48)45-30)4-2-5-32(24)34-7-3-6-33(38(34)40)26-10-8-25(9-11-26)19-41-22-29-12-14-36(47)44-29/h2-11,16-18,21,29-30,41-42H,12-15,19-20,22-23H2,1H3,(H,44,47)(H,45,48)/t29-,30-/m1/s1. The lowest BCUT2D eigenvalue weighted by atomic mass is 9.91. The van der Waals surface area contributed by atoms with Crippen LogP contribution in [0.15, 0.2) is 90.0 Å². The molecule has 4 heterocycles. The van der Waals surface area contributed by atoms with Crippen LogP contribution in [0.5, 0.6) is 0 Å². The van der Waals surface area contributed by atoms with Gasteiger partial charge in [0.2, 0.25) is 11.8 Å². The van der Waals surface area contributed by atoms with Crippen molar-refractivity contribution in [3.05, 3.63) is 117 Å². The number of halogens is 1. The van der Waals surface area contributed by atoms with Gasteiger partial charge in [-0.15, -0.1) is 0 Å². The molecule has 250 valence electrons. The number of benzene rings is 3. The van der Waals surface area contributed by atoms with E-state index in [1.54, 1.807) is 16.8 Å². The van der Waals surface area contributed by atoms with Gasteiger partial charge in [0.05, 0.1) is 5.02 Å². The smallest absolute Gasteiger partial charge is 0.262 e. The van der Waals surface area contributed by atoms with Crippen LogP contribution < -0.4 is 26.8 Å². The van der Waals surface area contributed by atoms with E-state index in [2.05, 4.69) is 75.6 Å². The van der Waals surface area contributed by atoms with Crippen LogP contribution in [0.4, 0.5) is 0 Å². The highest BCUT2D eigenvalue weighted by Gasteiger charge is 2.21. The number of hydrogen-bond acceptors (Lipinski definition) is 6. The molecule has 2 aliphatic heterocycles. The van der Waals surface area contributed by atoms with Gasteiger partial charge in [-0.1, -0.05) is 72.3 Å². The summed E-state index contributed by atoms with van der Waals surface area (Å²) in [5.41, 5.74) is 9.26. The number of nitrogens with one attached hydrogen (secondary N) is 4. The topological polar surface area (TPSA) is 117 Å². The molecular weight excluding hydrogens is 636 g/mol. The number of nitrogens with zero attached hydrogens (tertiary/aromatic N) is 2. The summed E-state index contributed by atoms with van der Waals surface area (Å²) >= 11 is 7.13. The van der Waals surface area contributed by atoms with Crippen LogP contribution in [0, 0.1) is 6.92 Å². The highest BCUT2D eigenvalue weighted by atomic mass is 35.5. The Morgan fingerprint density at radius 2 is 1.41 bits per heavy atom. The van der Waals surface area contributed by atoms with Crippen molar-refractivity contribution in [1.82, 2.24) is 30.7 Å². The summed E-state index contributed by atoms with van der Waals surface area (Å²) in [5, 5.41) is 13.3. The molecule has 5 aromatic rings. The zero-order valence-electron chi connectivity index (χ0n) is 27.4. The van der Waals surface area contributed by atoms with Crippen LogP contribution in [0.3, 0.4) is 0 Å². The van der Waals surface area contributed by atoms with Crippen LogP contribution in [-0.4, -0.2) is 46.4 Å². The second-order valence-electron chi connectivity index (χ2n) is 12.9. The van der Waals surface area contributed by atoms with Crippen LogP contribution in [-0.2, 0) is 22.7 Å². The number of fused-ring (bicyclic) bond motifs is 1. The monoisotopic (exact) mass is 674 g/mol. The third kappa shape index (κ3) is 7.15. The van der Waals surface area contributed by atoms with Crippen molar-refractivity contribution in [3.8, 4) is 33.4 Å². The molecule has 2 fully saturated rings. The first kappa shape index (κ1) is 32.7. The van der Waals surface area contributed by atoms with Crippen molar-refractivity contribution < 1.29 is 9.59 Å². The lowest BCUT2D eigenvalue weighted by Gasteiger charge is -2.16. The molecule has 7 rings (SSSR count). The van der Waals surface area contributed by atoms with Crippen LogP contribution in [0.2, 0.25) is 5.02 Å². The van der Waals surface area contributed by atoms with Gasteiger partial charge in [-0.25, -0.2) is 4.98 Å². The molecule has 2 atom stereocenters. The second-order valence-corrected chi connectivity index (χ2v) is 13.3. The maximum atomic E-state index is 13.3. The van der Waals surface area contributed by atoms with Gasteiger partial charge in [0.15, 0.2) is 0 Å². The third-order valence-electron chi connectivity index (χ3n) is 9.58. The molecule has 4 N–H and O–H groups in total. The lowest BCUT2D eigenvalue weighted by Crippen LogP contribution is -2.36. The Hall–Kier alpha value is -4.83. The van der Waals surface area contributed by atoms with Gasteiger partial charge in [0.25, 0.3) is 5.56 Å². The first-order valence-electron chi connectivity index (χ1n) is 16.8. The number of pyridine rings is 1. The van der Waals surface area contributed by atoms with Crippen molar-refractivity contribution in [2.45, 2.75) is 57.8 Å². The Balaban J connectivity index is 1.07. The summed E-state index contributed by atoms with van der Waals surface area (Å²) in [7, 11) is 0. The molecule has 9 nitrogen and oxygen atoms in total. The molecule has 0 saturated carbocycles. The number of amides is 2. The summed E-state index contributed by atoms with van der Waals surface area (Å²) in [6, 6.07) is 25.0. The van der Waals surface area contributed by atoms with E-state index in [-0.39, 0.29) is 29.5 Å². The molecule has 2 aromatic heterocycles. The largest absolute Gasteiger partial charge is 0.352 e. The maximum Gasteiger partial charge on any atom is 0.262 e. The molecule has 2 saturated heterocycles. The second kappa shape index (κ2) is 14.3. The van der Waals surface area contributed by atoms with Gasteiger partial charge in [-0.3, -0.25) is 18.8 Å². The van der Waals surface area contributed by atoms with Gasteiger partial charge in [0.1, 0.15) is 5.65 Å². The molecular formula is C39H39ClN6O3. The first-order valence-corrected chi connectivity index (χ1v) is 17.2. The number of carbonyl (C=O) groups is 2. The Morgan fingerprint density at radius 3 is 2.08 bits per heavy atom. The van der Waals surface area contributed by atoms with Gasteiger partial charge in [0, 0.05) is 80.2 Å². The van der Waals surface area contributed by atoms with E-state index in [0.29, 0.717) is 42.2 Å². The predicted octanol–water partition coefficient (Wildman–Crippen LogP) is 5.39. The molecule has 3 aromatic carbocycles. The summed E-state index contributed by atoms with van der Waals surface area (Å²) in [4.78, 5) is 40.8. The first-order chi connectivity index (χ1) is 23.8. The third-order valence-corrected chi connectivity index (χ3v) is 9.98. The average molecular weight is 675 g/mol. The van der Waals surface area contributed by atoms with E-state index in [4.69, 9.17) is 11.6 Å². The molecule has 49 heavy (non-hydrogen) atoms. The predicted molar refractivity (Wildman–Crippen MR) is 193 cm³/mol. The molecule has 2 aliphatic rings. The number of rotatable bonds is 11. The van der Waals surface area contributed by atoms with E-state index >= 15 is 0 Å². The van der Waals surface area contributed by atoms with Gasteiger partial charge in [-0.2, -0.15) is 0 Å². The number of aromatic nitrogens is 2. The molecule has 0 spiro atoms. The van der Waals surface area contributed by atoms with Crippen molar-refractivity contribution >= 4 is 29.1 Å². The number of carbonyl (C=O) groups excluding carboxylic acids is 2. The highest BCUT2D eigenvalue weighted by molar-refractivity contribution is 6.36. The van der Waals surface area contributed by atoms with Crippen LogP contribution >= 0.6 is 11.6 Å². The Kier molecular flexibility index (Phi) is 9.57. The normalized spacial score (nSPS) is 17.4. The quantitative estimate of drug-likeness (QED) is 0.149. The summed E-state index contributed by atoms with van der Waals surface area (Å²) < 4.78 is 1.58. The van der Waals surface area contributed by atoms with Crippen LogP contribution in [0.1, 0.15) is 42.4 Å². The molecule has 0 radical (unpaired) electrons. The van der Waals surface area contributed by atoms with Gasteiger partial charge >= 0.3 is 0 Å². The van der Waals surface area contributed by atoms with Crippen molar-refractivity contribution in [3.63, 3.8) is 0 Å². The van der Waals surface area contributed by atoms with E-state index in [0.717, 1.165) is 64.9 Å². The minimum atomic E-state index is -0.114.